The zero-order valence-electron chi connectivity index (χ0n) is 9.59. The van der Waals surface area contributed by atoms with Crippen molar-refractivity contribution in [2.45, 2.75) is 31.2 Å². The SMILES string of the molecule is CCCNC(C)CSc1ccc(F)c(F)c1. The number of halogens is 2. The molecule has 0 aromatic heterocycles. The summed E-state index contributed by atoms with van der Waals surface area (Å²) in [6.45, 7) is 5.18. The van der Waals surface area contributed by atoms with Crippen LogP contribution in [0, 0.1) is 11.6 Å². The van der Waals surface area contributed by atoms with E-state index in [0.717, 1.165) is 23.6 Å². The quantitative estimate of drug-likeness (QED) is 0.770. The van der Waals surface area contributed by atoms with E-state index >= 15 is 0 Å². The Labute approximate surface area is 99.6 Å². The highest BCUT2D eigenvalue weighted by Crippen LogP contribution is 2.20. The van der Waals surface area contributed by atoms with Gasteiger partial charge in [-0.15, -0.1) is 11.8 Å². The summed E-state index contributed by atoms with van der Waals surface area (Å²) in [5.74, 6) is -0.717. The molecule has 0 aliphatic carbocycles. The van der Waals surface area contributed by atoms with Crippen molar-refractivity contribution in [3.63, 3.8) is 0 Å². The second-order valence-corrected chi connectivity index (χ2v) is 4.84. The van der Waals surface area contributed by atoms with Gasteiger partial charge in [-0.1, -0.05) is 6.92 Å². The molecule has 1 unspecified atom stereocenters. The normalized spacial score (nSPS) is 12.8. The minimum absolute atomic E-state index is 0.373. The second-order valence-electron chi connectivity index (χ2n) is 3.74. The van der Waals surface area contributed by atoms with E-state index in [1.165, 1.54) is 23.9 Å². The number of benzene rings is 1. The maximum atomic E-state index is 12.9. The fraction of sp³-hybridized carbons (Fsp3) is 0.500. The van der Waals surface area contributed by atoms with Gasteiger partial charge in [0.15, 0.2) is 11.6 Å². The Morgan fingerprint density at radius 3 is 2.69 bits per heavy atom. The summed E-state index contributed by atoms with van der Waals surface area (Å²) in [5.41, 5.74) is 0. The molecule has 1 rings (SSSR count). The molecule has 0 radical (unpaired) electrons. The van der Waals surface area contributed by atoms with Gasteiger partial charge in [-0.25, -0.2) is 8.78 Å². The van der Waals surface area contributed by atoms with E-state index in [2.05, 4.69) is 19.2 Å². The summed E-state index contributed by atoms with van der Waals surface area (Å²) in [4.78, 5) is 0.768. The van der Waals surface area contributed by atoms with Crippen LogP contribution < -0.4 is 5.32 Å². The molecule has 16 heavy (non-hydrogen) atoms. The highest BCUT2D eigenvalue weighted by molar-refractivity contribution is 7.99. The van der Waals surface area contributed by atoms with Crippen molar-refractivity contribution in [1.82, 2.24) is 5.32 Å². The topological polar surface area (TPSA) is 12.0 Å². The average Bonchev–Trinajstić information content (AvgIpc) is 2.28. The maximum Gasteiger partial charge on any atom is 0.159 e. The molecule has 0 spiro atoms. The van der Waals surface area contributed by atoms with E-state index in [1.807, 2.05) is 0 Å². The molecule has 0 aliphatic rings. The molecule has 0 fully saturated rings. The van der Waals surface area contributed by atoms with Crippen LogP contribution in [0.3, 0.4) is 0 Å². The van der Waals surface area contributed by atoms with Gasteiger partial charge >= 0.3 is 0 Å². The van der Waals surface area contributed by atoms with Gasteiger partial charge in [-0.3, -0.25) is 0 Å². The first-order valence-electron chi connectivity index (χ1n) is 5.44. The van der Waals surface area contributed by atoms with Crippen molar-refractivity contribution >= 4 is 11.8 Å². The van der Waals surface area contributed by atoms with Gasteiger partial charge in [-0.2, -0.15) is 0 Å². The molecule has 0 bridgehead atoms. The number of rotatable bonds is 6. The lowest BCUT2D eigenvalue weighted by molar-refractivity contribution is 0.506. The Morgan fingerprint density at radius 2 is 2.06 bits per heavy atom. The number of hydrogen-bond acceptors (Lipinski definition) is 2. The molecule has 4 heteroatoms. The predicted molar refractivity (Wildman–Crippen MR) is 64.8 cm³/mol. The third-order valence-electron chi connectivity index (χ3n) is 2.13. The Kier molecular flexibility index (Phi) is 5.77. The smallest absolute Gasteiger partial charge is 0.159 e. The van der Waals surface area contributed by atoms with E-state index in [1.54, 1.807) is 6.07 Å². The van der Waals surface area contributed by atoms with Crippen molar-refractivity contribution in [3.05, 3.63) is 29.8 Å². The minimum atomic E-state index is -0.790. The van der Waals surface area contributed by atoms with Gasteiger partial charge < -0.3 is 5.32 Å². The van der Waals surface area contributed by atoms with Crippen molar-refractivity contribution < 1.29 is 8.78 Å². The average molecular weight is 245 g/mol. The molecular weight excluding hydrogens is 228 g/mol. The number of nitrogens with one attached hydrogen (secondary N) is 1. The molecule has 1 aromatic carbocycles. The lowest BCUT2D eigenvalue weighted by Gasteiger charge is -2.12. The van der Waals surface area contributed by atoms with Crippen molar-refractivity contribution in [3.8, 4) is 0 Å². The summed E-state index contributed by atoms with van der Waals surface area (Å²) in [5, 5.41) is 3.34. The standard InChI is InChI=1S/C12H17F2NS/c1-3-6-15-9(2)8-16-10-4-5-11(13)12(14)7-10/h4-5,7,9,15H,3,6,8H2,1-2H3. The first kappa shape index (κ1) is 13.5. The molecule has 0 saturated heterocycles. The third kappa shape index (κ3) is 4.49. The summed E-state index contributed by atoms with van der Waals surface area (Å²) in [6.07, 6.45) is 1.10. The molecule has 1 N–H and O–H groups in total. The zero-order valence-corrected chi connectivity index (χ0v) is 10.4. The van der Waals surface area contributed by atoms with Crippen molar-refractivity contribution in [2.24, 2.45) is 0 Å². The molecule has 1 nitrogen and oxygen atoms in total. The van der Waals surface area contributed by atoms with Gasteiger partial charge in [0.2, 0.25) is 0 Å². The van der Waals surface area contributed by atoms with Crippen LogP contribution in [0.15, 0.2) is 23.1 Å². The highest BCUT2D eigenvalue weighted by atomic mass is 32.2. The molecule has 0 heterocycles. The van der Waals surface area contributed by atoms with E-state index in [4.69, 9.17) is 0 Å². The van der Waals surface area contributed by atoms with Gasteiger partial charge in [-0.05, 0) is 38.1 Å². The van der Waals surface area contributed by atoms with Crippen LogP contribution in [0.25, 0.3) is 0 Å². The molecule has 1 atom stereocenters. The van der Waals surface area contributed by atoms with E-state index < -0.39 is 11.6 Å². The first-order chi connectivity index (χ1) is 7.63. The Morgan fingerprint density at radius 1 is 1.31 bits per heavy atom. The van der Waals surface area contributed by atoms with Crippen molar-refractivity contribution in [2.75, 3.05) is 12.3 Å². The summed E-state index contributed by atoms with van der Waals surface area (Å²) in [7, 11) is 0. The Bertz CT molecular complexity index is 331. The number of hydrogen-bond donors (Lipinski definition) is 1. The van der Waals surface area contributed by atoms with E-state index in [9.17, 15) is 8.78 Å². The van der Waals surface area contributed by atoms with Crippen LogP contribution in [0.5, 0.6) is 0 Å². The van der Waals surface area contributed by atoms with E-state index in [0.29, 0.717) is 6.04 Å². The monoisotopic (exact) mass is 245 g/mol. The molecule has 0 aliphatic heterocycles. The predicted octanol–water partition coefficient (Wildman–Crippen LogP) is 3.45. The molecular formula is C12H17F2NS. The van der Waals surface area contributed by atoms with Gasteiger partial charge in [0.25, 0.3) is 0 Å². The first-order valence-corrected chi connectivity index (χ1v) is 6.43. The number of thioether (sulfide) groups is 1. The third-order valence-corrected chi connectivity index (χ3v) is 3.39. The Hall–Kier alpha value is -0.610. The maximum absolute atomic E-state index is 12.9. The van der Waals surface area contributed by atoms with Crippen LogP contribution >= 0.6 is 11.8 Å². The highest BCUT2D eigenvalue weighted by Gasteiger charge is 2.05. The lowest BCUT2D eigenvalue weighted by atomic mass is 10.3. The zero-order chi connectivity index (χ0) is 12.0. The molecule has 90 valence electrons. The summed E-state index contributed by atoms with van der Waals surface area (Å²) in [6, 6.07) is 4.39. The summed E-state index contributed by atoms with van der Waals surface area (Å²) >= 11 is 1.53. The lowest BCUT2D eigenvalue weighted by Crippen LogP contribution is -2.28. The van der Waals surface area contributed by atoms with Crippen LogP contribution in [-0.2, 0) is 0 Å². The summed E-state index contributed by atoms with van der Waals surface area (Å²) < 4.78 is 25.6. The Balaban J connectivity index is 2.39. The van der Waals surface area contributed by atoms with Crippen LogP contribution in [0.2, 0.25) is 0 Å². The molecule has 1 aromatic rings. The van der Waals surface area contributed by atoms with Crippen molar-refractivity contribution in [1.29, 1.82) is 0 Å². The second kappa shape index (κ2) is 6.86. The van der Waals surface area contributed by atoms with Crippen LogP contribution in [0.1, 0.15) is 20.3 Å². The van der Waals surface area contributed by atoms with Gasteiger partial charge in [0.1, 0.15) is 0 Å². The molecule has 0 amide bonds. The molecule has 0 saturated carbocycles. The minimum Gasteiger partial charge on any atom is -0.313 e. The van der Waals surface area contributed by atoms with Crippen LogP contribution in [0.4, 0.5) is 8.78 Å². The largest absolute Gasteiger partial charge is 0.313 e. The van der Waals surface area contributed by atoms with Crippen LogP contribution in [-0.4, -0.2) is 18.3 Å². The van der Waals surface area contributed by atoms with E-state index in [-0.39, 0.29) is 0 Å². The fourth-order valence-electron chi connectivity index (χ4n) is 1.24. The van der Waals surface area contributed by atoms with Gasteiger partial charge in [0.05, 0.1) is 0 Å². The fourth-order valence-corrected chi connectivity index (χ4v) is 2.15. The van der Waals surface area contributed by atoms with Gasteiger partial charge in [0, 0.05) is 16.7 Å².